The van der Waals surface area contributed by atoms with Crippen LogP contribution in [0.25, 0.3) is 17.2 Å². The van der Waals surface area contributed by atoms with Gasteiger partial charge in [-0.25, -0.2) is 4.79 Å². The van der Waals surface area contributed by atoms with Crippen LogP contribution in [0, 0.1) is 6.92 Å². The lowest BCUT2D eigenvalue weighted by atomic mass is 10.0. The summed E-state index contributed by atoms with van der Waals surface area (Å²) >= 11 is 0. The number of carbonyl (C=O) groups is 1. The molecule has 0 aliphatic rings. The zero-order valence-corrected chi connectivity index (χ0v) is 11.1. The van der Waals surface area contributed by atoms with Crippen molar-refractivity contribution in [3.63, 3.8) is 0 Å². The molecule has 2 aromatic rings. The molecule has 0 atom stereocenters. The van der Waals surface area contributed by atoms with Gasteiger partial charge in [-0.05, 0) is 29.7 Å². The smallest absolute Gasteiger partial charge is 0.330 e. The fraction of sp³-hybridized carbons (Fsp3) is 0.118. The Morgan fingerprint density at radius 3 is 2.00 bits per heavy atom. The fourth-order valence-electron chi connectivity index (χ4n) is 1.76. The molecular formula is C17H16O2. The van der Waals surface area contributed by atoms with Crippen LogP contribution >= 0.6 is 0 Å². The molecule has 0 saturated heterocycles. The average molecular weight is 252 g/mol. The van der Waals surface area contributed by atoms with E-state index in [1.165, 1.54) is 24.3 Å². The van der Waals surface area contributed by atoms with Crippen molar-refractivity contribution in [2.75, 3.05) is 7.11 Å². The second kappa shape index (κ2) is 6.01. The van der Waals surface area contributed by atoms with Crippen molar-refractivity contribution in [3.8, 4) is 11.1 Å². The lowest BCUT2D eigenvalue weighted by Gasteiger charge is -2.03. The van der Waals surface area contributed by atoms with Crippen LogP contribution in [0.15, 0.2) is 54.6 Å². The van der Waals surface area contributed by atoms with Crippen molar-refractivity contribution in [1.29, 1.82) is 0 Å². The third-order valence-corrected chi connectivity index (χ3v) is 2.91. The molecular weight excluding hydrogens is 236 g/mol. The summed E-state index contributed by atoms with van der Waals surface area (Å²) in [7, 11) is 1.37. The monoisotopic (exact) mass is 252 g/mol. The molecule has 0 saturated carbocycles. The molecule has 0 N–H and O–H groups in total. The van der Waals surface area contributed by atoms with E-state index in [4.69, 9.17) is 0 Å². The summed E-state index contributed by atoms with van der Waals surface area (Å²) in [6.45, 7) is 2.07. The van der Waals surface area contributed by atoms with E-state index in [-0.39, 0.29) is 5.97 Å². The number of carbonyl (C=O) groups excluding carboxylic acids is 1. The second-order valence-corrected chi connectivity index (χ2v) is 4.34. The highest BCUT2D eigenvalue weighted by molar-refractivity contribution is 5.87. The van der Waals surface area contributed by atoms with Gasteiger partial charge in [0.25, 0.3) is 0 Å². The third-order valence-electron chi connectivity index (χ3n) is 2.91. The Kier molecular flexibility index (Phi) is 4.14. The maximum absolute atomic E-state index is 11.0. The summed E-state index contributed by atoms with van der Waals surface area (Å²) in [4.78, 5) is 11.0. The van der Waals surface area contributed by atoms with Gasteiger partial charge < -0.3 is 4.74 Å². The van der Waals surface area contributed by atoms with Crippen LogP contribution in [-0.2, 0) is 9.53 Å². The van der Waals surface area contributed by atoms with Gasteiger partial charge in [0.15, 0.2) is 0 Å². The molecule has 2 aromatic carbocycles. The van der Waals surface area contributed by atoms with E-state index >= 15 is 0 Å². The molecule has 0 aliphatic heterocycles. The van der Waals surface area contributed by atoms with E-state index < -0.39 is 0 Å². The lowest BCUT2D eigenvalue weighted by Crippen LogP contribution is -1.93. The van der Waals surface area contributed by atoms with Gasteiger partial charge in [-0.3, -0.25) is 0 Å². The molecule has 96 valence electrons. The second-order valence-electron chi connectivity index (χ2n) is 4.34. The van der Waals surface area contributed by atoms with E-state index in [1.54, 1.807) is 6.08 Å². The summed E-state index contributed by atoms with van der Waals surface area (Å²) in [6, 6.07) is 16.5. The Bertz CT molecular complexity index is 578. The highest BCUT2D eigenvalue weighted by atomic mass is 16.5. The molecule has 0 aromatic heterocycles. The molecule has 2 rings (SSSR count). The van der Waals surface area contributed by atoms with Crippen LogP contribution in [0.4, 0.5) is 0 Å². The predicted octanol–water partition coefficient (Wildman–Crippen LogP) is 3.85. The summed E-state index contributed by atoms with van der Waals surface area (Å²) in [5, 5.41) is 0. The number of hydrogen-bond acceptors (Lipinski definition) is 2. The van der Waals surface area contributed by atoms with E-state index in [1.807, 2.05) is 24.3 Å². The van der Waals surface area contributed by atoms with Crippen LogP contribution in [0.1, 0.15) is 11.1 Å². The Balaban J connectivity index is 2.16. The zero-order chi connectivity index (χ0) is 13.7. The minimum absolute atomic E-state index is 0.345. The number of methoxy groups -OCH3 is 1. The van der Waals surface area contributed by atoms with Gasteiger partial charge in [0.05, 0.1) is 7.11 Å². The van der Waals surface area contributed by atoms with Crippen molar-refractivity contribution in [2.45, 2.75) is 6.92 Å². The number of aryl methyl sites for hydroxylation is 1. The Morgan fingerprint density at radius 2 is 1.47 bits per heavy atom. The quantitative estimate of drug-likeness (QED) is 0.612. The molecule has 0 unspecified atom stereocenters. The summed E-state index contributed by atoms with van der Waals surface area (Å²) in [5.74, 6) is -0.345. The SMILES string of the molecule is COC(=O)/C=C/c1ccc(-c2ccc(C)cc2)cc1. The van der Waals surface area contributed by atoms with Crippen molar-refractivity contribution >= 4 is 12.0 Å². The van der Waals surface area contributed by atoms with Gasteiger partial charge >= 0.3 is 5.97 Å². The predicted molar refractivity (Wildman–Crippen MR) is 77.7 cm³/mol. The van der Waals surface area contributed by atoms with Gasteiger partial charge in [-0.15, -0.1) is 0 Å². The van der Waals surface area contributed by atoms with Gasteiger partial charge in [-0.2, -0.15) is 0 Å². The molecule has 19 heavy (non-hydrogen) atoms. The van der Waals surface area contributed by atoms with Gasteiger partial charge in [0, 0.05) is 6.08 Å². The normalized spacial score (nSPS) is 10.6. The minimum atomic E-state index is -0.345. The van der Waals surface area contributed by atoms with Gasteiger partial charge in [-0.1, -0.05) is 54.1 Å². The lowest BCUT2D eigenvalue weighted by molar-refractivity contribution is -0.134. The minimum Gasteiger partial charge on any atom is -0.466 e. The van der Waals surface area contributed by atoms with Crippen molar-refractivity contribution < 1.29 is 9.53 Å². The zero-order valence-electron chi connectivity index (χ0n) is 11.1. The first kappa shape index (κ1) is 13.1. The van der Waals surface area contributed by atoms with Gasteiger partial charge in [0.1, 0.15) is 0 Å². The Morgan fingerprint density at radius 1 is 0.947 bits per heavy atom. The van der Waals surface area contributed by atoms with Crippen molar-refractivity contribution in [3.05, 3.63) is 65.7 Å². The largest absolute Gasteiger partial charge is 0.466 e. The molecule has 0 heterocycles. The molecule has 0 fully saturated rings. The Labute approximate surface area is 113 Å². The van der Waals surface area contributed by atoms with E-state index in [0.717, 1.165) is 11.1 Å². The van der Waals surface area contributed by atoms with Crippen LogP contribution in [-0.4, -0.2) is 13.1 Å². The summed E-state index contributed by atoms with van der Waals surface area (Å²) < 4.78 is 4.55. The highest BCUT2D eigenvalue weighted by Gasteiger charge is 1.97. The number of esters is 1. The van der Waals surface area contributed by atoms with E-state index in [9.17, 15) is 4.79 Å². The third kappa shape index (κ3) is 3.55. The molecule has 0 spiro atoms. The average Bonchev–Trinajstić information content (AvgIpc) is 2.46. The molecule has 0 aliphatic carbocycles. The van der Waals surface area contributed by atoms with Gasteiger partial charge in [0.2, 0.25) is 0 Å². The molecule has 0 bridgehead atoms. The number of benzene rings is 2. The number of rotatable bonds is 3. The maximum Gasteiger partial charge on any atom is 0.330 e. The molecule has 0 amide bonds. The fourth-order valence-corrected chi connectivity index (χ4v) is 1.76. The van der Waals surface area contributed by atoms with E-state index in [2.05, 4.69) is 35.9 Å². The molecule has 2 nitrogen and oxygen atoms in total. The maximum atomic E-state index is 11.0. The molecule has 0 radical (unpaired) electrons. The Hall–Kier alpha value is -2.35. The first-order valence-corrected chi connectivity index (χ1v) is 6.12. The van der Waals surface area contributed by atoms with E-state index in [0.29, 0.717) is 0 Å². The highest BCUT2D eigenvalue weighted by Crippen LogP contribution is 2.20. The summed E-state index contributed by atoms with van der Waals surface area (Å²) in [6.07, 6.45) is 3.16. The van der Waals surface area contributed by atoms with Crippen molar-refractivity contribution in [2.24, 2.45) is 0 Å². The standard InChI is InChI=1S/C17H16O2/c1-13-3-8-15(9-4-13)16-10-5-14(6-11-16)7-12-17(18)19-2/h3-12H,1-2H3/b12-7+. The van der Waals surface area contributed by atoms with Crippen LogP contribution in [0.2, 0.25) is 0 Å². The van der Waals surface area contributed by atoms with Crippen LogP contribution in [0.5, 0.6) is 0 Å². The number of hydrogen-bond donors (Lipinski definition) is 0. The topological polar surface area (TPSA) is 26.3 Å². The molecule has 2 heteroatoms. The first-order valence-electron chi connectivity index (χ1n) is 6.12. The number of ether oxygens (including phenoxy) is 1. The van der Waals surface area contributed by atoms with Crippen LogP contribution < -0.4 is 0 Å². The first-order chi connectivity index (χ1) is 9.19. The summed E-state index contributed by atoms with van der Waals surface area (Å²) in [5.41, 5.74) is 4.58. The van der Waals surface area contributed by atoms with Crippen LogP contribution in [0.3, 0.4) is 0 Å². The van der Waals surface area contributed by atoms with Crippen molar-refractivity contribution in [1.82, 2.24) is 0 Å².